The maximum absolute atomic E-state index is 7.56. The van der Waals surface area contributed by atoms with Crippen molar-refractivity contribution in [2.24, 2.45) is 10.3 Å². The normalized spacial score (nSPS) is 7.56. The summed E-state index contributed by atoms with van der Waals surface area (Å²) in [6.07, 6.45) is 1.89. The maximum Gasteiger partial charge on any atom is 2.00 e. The molecule has 5 heteroatoms. The summed E-state index contributed by atoms with van der Waals surface area (Å²) in [6.45, 7) is 0. The quantitative estimate of drug-likeness (QED) is 0.204. The third-order valence-electron chi connectivity index (χ3n) is 0.200. The Labute approximate surface area is 65.2 Å². The molecule has 4 nitrogen and oxygen atoms in total. The zero-order valence-corrected chi connectivity index (χ0v) is 6.25. The zero-order valence-electron chi connectivity index (χ0n) is 5.26. The Kier molecular flexibility index (Phi) is 68.7. The minimum absolute atomic E-state index is 0. The van der Waals surface area contributed by atoms with Crippen LogP contribution in [0.1, 0.15) is 0 Å². The molecule has 9 heavy (non-hydrogen) atoms. The van der Waals surface area contributed by atoms with E-state index in [1.54, 1.807) is 0 Å². The first-order valence-corrected chi connectivity index (χ1v) is 1.25. The van der Waals surface area contributed by atoms with E-state index in [0.29, 0.717) is 0 Å². The van der Waals surface area contributed by atoms with Crippen molar-refractivity contribution in [2.45, 2.75) is 0 Å². The molecule has 0 saturated carbocycles. The van der Waals surface area contributed by atoms with Gasteiger partial charge in [-0.15, -0.1) is 0 Å². The third-order valence-corrected chi connectivity index (χ3v) is 0.200. The van der Waals surface area contributed by atoms with Crippen LogP contribution >= 0.6 is 0 Å². The van der Waals surface area contributed by atoms with E-state index in [9.17, 15) is 0 Å². The molecule has 0 atom stereocenters. The van der Waals surface area contributed by atoms with E-state index in [-0.39, 0.29) is 31.3 Å². The van der Waals surface area contributed by atoms with Crippen LogP contribution in [-0.2, 0) is 16.5 Å². The van der Waals surface area contributed by atoms with Crippen LogP contribution < -0.4 is 0 Å². The summed E-state index contributed by atoms with van der Waals surface area (Å²) < 4.78 is 0. The van der Waals surface area contributed by atoms with Crippen LogP contribution in [0.5, 0.6) is 0 Å². The molecule has 0 aromatic rings. The van der Waals surface area contributed by atoms with Crippen LogP contribution in [0, 0.1) is 14.9 Å². The molecule has 0 aliphatic heterocycles. The molecule has 0 unspecified atom stereocenters. The molecule has 0 aromatic carbocycles. The summed E-state index contributed by atoms with van der Waals surface area (Å²) >= 11 is 0. The predicted molar refractivity (Wildman–Crippen MR) is 33.4 cm³/mol. The van der Waals surface area contributed by atoms with Crippen molar-refractivity contribution in [1.82, 2.24) is 0 Å². The van der Waals surface area contributed by atoms with Gasteiger partial charge in [-0.05, 0) is 0 Å². The minimum Gasteiger partial charge on any atom is -0.411 e. The number of rotatable bonds is 1. The third kappa shape index (κ3) is 37.1. The zero-order chi connectivity index (χ0) is 4.83. The van der Waals surface area contributed by atoms with Crippen LogP contribution in [0.2, 0.25) is 0 Å². The van der Waals surface area contributed by atoms with Crippen LogP contribution in [0.4, 0.5) is 0 Å². The predicted octanol–water partition coefficient (Wildman–Crippen LogP) is 0.804. The Balaban J connectivity index is -0.0000000417. The Morgan fingerprint density at radius 3 is 1.22 bits per heavy atom. The van der Waals surface area contributed by atoms with Gasteiger partial charge in [0.1, 0.15) is 0 Å². The van der Waals surface area contributed by atoms with E-state index < -0.39 is 0 Å². The molecule has 58 valence electrons. The molecule has 0 amide bonds. The van der Waals surface area contributed by atoms with Crippen LogP contribution in [0.15, 0.2) is 10.3 Å². The summed E-state index contributed by atoms with van der Waals surface area (Å²) in [7, 11) is 0. The molecule has 0 heterocycles. The topological polar surface area (TPSA) is 65.2 Å². The van der Waals surface area contributed by atoms with Gasteiger partial charge in [0.15, 0.2) is 0 Å². The fourth-order valence-electron chi connectivity index (χ4n) is 0.0596. The molecule has 0 aliphatic rings. The van der Waals surface area contributed by atoms with E-state index in [4.69, 9.17) is 10.4 Å². The SMILES string of the molecule is ON=CC=NO.[CH3-].[CH3-].[Ni+2]. The second-order valence-electron chi connectivity index (χ2n) is 0.529. The molecule has 2 N–H and O–H groups in total. The fourth-order valence-corrected chi connectivity index (χ4v) is 0.0596. The number of hydrogen-bond acceptors (Lipinski definition) is 4. The van der Waals surface area contributed by atoms with Gasteiger partial charge in [0.05, 0.1) is 12.4 Å². The van der Waals surface area contributed by atoms with Gasteiger partial charge in [0.25, 0.3) is 0 Å². The Bertz CT molecular complexity index is 65.0. The summed E-state index contributed by atoms with van der Waals surface area (Å²) in [5, 5.41) is 20.1. The van der Waals surface area contributed by atoms with Crippen molar-refractivity contribution in [3.05, 3.63) is 14.9 Å². The molecule has 0 rings (SSSR count). The molecule has 0 saturated heterocycles. The molecule has 0 radical (unpaired) electrons. The first kappa shape index (κ1) is 23.7. The van der Waals surface area contributed by atoms with Gasteiger partial charge < -0.3 is 25.3 Å². The van der Waals surface area contributed by atoms with Crippen LogP contribution in [0.3, 0.4) is 0 Å². The van der Waals surface area contributed by atoms with E-state index in [2.05, 4.69) is 10.3 Å². The van der Waals surface area contributed by atoms with Crippen molar-refractivity contribution < 1.29 is 26.9 Å². The van der Waals surface area contributed by atoms with Gasteiger partial charge in [-0.3, -0.25) is 0 Å². The van der Waals surface area contributed by atoms with E-state index >= 15 is 0 Å². The second-order valence-corrected chi connectivity index (χ2v) is 0.529. The Morgan fingerprint density at radius 2 is 1.11 bits per heavy atom. The standard InChI is InChI=1S/C2H4N2O2.2CH3.Ni/c5-3-1-2-4-6;;;/h1-2,5-6H;2*1H3;/q;2*-1;+2. The first-order chi connectivity index (χ1) is 2.91. The molecular weight excluding hydrogens is 167 g/mol. The number of hydrogen-bond donors (Lipinski definition) is 2. The molecule has 0 aromatic heterocycles. The van der Waals surface area contributed by atoms with Crippen molar-refractivity contribution in [2.75, 3.05) is 0 Å². The van der Waals surface area contributed by atoms with E-state index in [0.717, 1.165) is 12.4 Å². The van der Waals surface area contributed by atoms with Gasteiger partial charge in [0, 0.05) is 0 Å². The Hall–Kier alpha value is -0.566. The maximum atomic E-state index is 7.56. The second kappa shape index (κ2) is 26.1. The molecular formula is C4H10N2NiO2. The minimum atomic E-state index is 0. The monoisotopic (exact) mass is 176 g/mol. The van der Waals surface area contributed by atoms with Crippen molar-refractivity contribution in [1.29, 1.82) is 0 Å². The number of nitrogens with zero attached hydrogens (tertiary/aromatic N) is 2. The van der Waals surface area contributed by atoms with Gasteiger partial charge in [-0.25, -0.2) is 0 Å². The average Bonchev–Trinajstić information content (AvgIpc) is 1.61. The summed E-state index contributed by atoms with van der Waals surface area (Å²) in [5.74, 6) is 0. The van der Waals surface area contributed by atoms with Crippen molar-refractivity contribution in [3.8, 4) is 0 Å². The van der Waals surface area contributed by atoms with Gasteiger partial charge in [0.2, 0.25) is 0 Å². The van der Waals surface area contributed by atoms with Crippen LogP contribution in [-0.4, -0.2) is 22.8 Å². The van der Waals surface area contributed by atoms with Crippen molar-refractivity contribution in [3.63, 3.8) is 0 Å². The summed E-state index contributed by atoms with van der Waals surface area (Å²) in [4.78, 5) is 0. The largest absolute Gasteiger partial charge is 2.00 e. The number of oxime groups is 2. The molecule has 0 bridgehead atoms. The summed E-state index contributed by atoms with van der Waals surface area (Å²) in [5.41, 5.74) is 0. The molecule has 0 spiro atoms. The van der Waals surface area contributed by atoms with Crippen molar-refractivity contribution >= 4 is 12.4 Å². The van der Waals surface area contributed by atoms with Gasteiger partial charge >= 0.3 is 16.5 Å². The van der Waals surface area contributed by atoms with E-state index in [1.807, 2.05) is 0 Å². The van der Waals surface area contributed by atoms with Gasteiger partial charge in [-0.2, -0.15) is 0 Å². The molecule has 0 fully saturated rings. The Morgan fingerprint density at radius 1 is 0.889 bits per heavy atom. The smallest absolute Gasteiger partial charge is 0.411 e. The van der Waals surface area contributed by atoms with Crippen LogP contribution in [0.25, 0.3) is 0 Å². The van der Waals surface area contributed by atoms with E-state index in [1.165, 1.54) is 0 Å². The summed E-state index contributed by atoms with van der Waals surface area (Å²) in [6, 6.07) is 0. The average molecular weight is 177 g/mol. The molecule has 0 aliphatic carbocycles. The fraction of sp³-hybridized carbons (Fsp3) is 0. The first-order valence-electron chi connectivity index (χ1n) is 1.25. The van der Waals surface area contributed by atoms with Gasteiger partial charge in [-0.1, -0.05) is 10.3 Å².